The number of carbonyl (C=O) groups is 1. The van der Waals surface area contributed by atoms with E-state index in [1.165, 1.54) is 13.8 Å². The number of aliphatic hydroxyl groups excluding tert-OH is 1. The highest BCUT2D eigenvalue weighted by Crippen LogP contribution is 2.40. The van der Waals surface area contributed by atoms with Crippen molar-refractivity contribution in [1.29, 1.82) is 0 Å². The number of alkyl halides is 3. The quantitative estimate of drug-likeness (QED) is 0.410. The predicted octanol–water partition coefficient (Wildman–Crippen LogP) is 3.33. The van der Waals surface area contributed by atoms with Gasteiger partial charge in [-0.05, 0) is 50.9 Å². The van der Waals surface area contributed by atoms with E-state index >= 15 is 0 Å². The maximum Gasteiger partial charge on any atom is 0.391 e. The van der Waals surface area contributed by atoms with Gasteiger partial charge in [-0.15, -0.1) is 0 Å². The van der Waals surface area contributed by atoms with Gasteiger partial charge in [0, 0.05) is 33.5 Å². The molecule has 7 nitrogen and oxygen atoms in total. The van der Waals surface area contributed by atoms with Gasteiger partial charge >= 0.3 is 12.1 Å². The highest BCUT2D eigenvalue weighted by molar-refractivity contribution is 5.90. The predicted molar refractivity (Wildman–Crippen MR) is 110 cm³/mol. The Hall–Kier alpha value is -1.52. The van der Waals surface area contributed by atoms with Crippen molar-refractivity contribution >= 4 is 5.97 Å². The molecule has 1 heterocycles. The van der Waals surface area contributed by atoms with Gasteiger partial charge in [-0.25, -0.2) is 4.79 Å². The summed E-state index contributed by atoms with van der Waals surface area (Å²) in [5, 5.41) is 16.9. The Morgan fingerprint density at radius 3 is 2.47 bits per heavy atom. The van der Waals surface area contributed by atoms with Gasteiger partial charge < -0.3 is 30.0 Å². The summed E-state index contributed by atoms with van der Waals surface area (Å²) >= 11 is 0. The number of nitrogens with one attached hydrogen (secondary N) is 2. The molecule has 3 fully saturated rings. The zero-order valence-electron chi connectivity index (χ0n) is 19.0. The van der Waals surface area contributed by atoms with Gasteiger partial charge in [0.05, 0.1) is 12.0 Å². The molecule has 0 amide bonds. The van der Waals surface area contributed by atoms with Crippen LogP contribution < -0.4 is 10.6 Å². The maximum absolute atomic E-state index is 13.2. The number of methoxy groups -OCH3 is 1. The Kier molecular flexibility index (Phi) is 7.98. The van der Waals surface area contributed by atoms with Crippen molar-refractivity contribution in [3.63, 3.8) is 0 Å². The highest BCUT2D eigenvalue weighted by Gasteiger charge is 2.43. The molecule has 1 saturated heterocycles. The molecule has 1 aliphatic heterocycles. The van der Waals surface area contributed by atoms with Crippen LogP contribution in [0.15, 0.2) is 11.4 Å². The lowest BCUT2D eigenvalue weighted by Gasteiger charge is -2.37. The SMILES string of the molecule is COC1CCC(N/C(NCC2CCCC(C(F)(F)F)C2)=C2\C(=O)OC(C)(C)OC2O)CC1. The minimum absolute atomic E-state index is 0.0283. The summed E-state index contributed by atoms with van der Waals surface area (Å²) in [6.07, 6.45) is -0.817. The van der Waals surface area contributed by atoms with Gasteiger partial charge in [0.15, 0.2) is 6.29 Å². The molecule has 184 valence electrons. The monoisotopic (exact) mass is 464 g/mol. The smallest absolute Gasteiger partial charge is 0.391 e. The molecular formula is C22H35F3N2O5. The van der Waals surface area contributed by atoms with Gasteiger partial charge in [-0.2, -0.15) is 13.2 Å². The molecule has 0 aromatic heterocycles. The molecule has 0 aromatic carbocycles. The molecule has 3 unspecified atom stereocenters. The summed E-state index contributed by atoms with van der Waals surface area (Å²) in [6, 6.07) is 0.0283. The molecular weight excluding hydrogens is 429 g/mol. The Morgan fingerprint density at radius 1 is 1.19 bits per heavy atom. The van der Waals surface area contributed by atoms with Crippen LogP contribution in [0.25, 0.3) is 0 Å². The van der Waals surface area contributed by atoms with Crippen LogP contribution in [0.1, 0.15) is 65.2 Å². The van der Waals surface area contributed by atoms with Crippen molar-refractivity contribution in [2.75, 3.05) is 13.7 Å². The molecule has 32 heavy (non-hydrogen) atoms. The lowest BCUT2D eigenvalue weighted by molar-refractivity contribution is -0.280. The molecule has 0 aromatic rings. The molecule has 2 aliphatic carbocycles. The van der Waals surface area contributed by atoms with Crippen molar-refractivity contribution in [2.24, 2.45) is 11.8 Å². The number of carbonyl (C=O) groups excluding carboxylic acids is 1. The highest BCUT2D eigenvalue weighted by atomic mass is 19.4. The van der Waals surface area contributed by atoms with Crippen LogP contribution in [-0.4, -0.2) is 55.1 Å². The van der Waals surface area contributed by atoms with Gasteiger partial charge in [-0.3, -0.25) is 0 Å². The van der Waals surface area contributed by atoms with E-state index in [0.29, 0.717) is 12.8 Å². The summed E-state index contributed by atoms with van der Waals surface area (Å²) in [7, 11) is 1.68. The van der Waals surface area contributed by atoms with Crippen LogP contribution in [0.3, 0.4) is 0 Å². The number of aliphatic hydroxyl groups is 1. The number of hydrogen-bond acceptors (Lipinski definition) is 7. The van der Waals surface area contributed by atoms with E-state index in [-0.39, 0.29) is 48.8 Å². The molecule has 3 rings (SSSR count). The first kappa shape index (κ1) is 25.1. The second-order valence-electron chi connectivity index (χ2n) is 9.55. The fourth-order valence-corrected chi connectivity index (χ4v) is 4.85. The molecule has 3 N–H and O–H groups in total. The third-order valence-corrected chi connectivity index (χ3v) is 6.64. The summed E-state index contributed by atoms with van der Waals surface area (Å²) in [5.74, 6) is -3.21. The molecule has 0 radical (unpaired) electrons. The average Bonchev–Trinajstić information content (AvgIpc) is 2.70. The second-order valence-corrected chi connectivity index (χ2v) is 9.55. The Labute approximate surface area is 187 Å². The van der Waals surface area contributed by atoms with E-state index in [1.807, 2.05) is 0 Å². The lowest BCUT2D eigenvalue weighted by Crippen LogP contribution is -2.49. The Bertz CT molecular complexity index is 690. The van der Waals surface area contributed by atoms with Crippen LogP contribution in [0.5, 0.6) is 0 Å². The molecule has 10 heteroatoms. The van der Waals surface area contributed by atoms with E-state index in [2.05, 4.69) is 10.6 Å². The Morgan fingerprint density at radius 2 is 1.88 bits per heavy atom. The number of esters is 1. The van der Waals surface area contributed by atoms with Crippen molar-refractivity contribution in [3.05, 3.63) is 11.4 Å². The third-order valence-electron chi connectivity index (χ3n) is 6.64. The summed E-state index contributed by atoms with van der Waals surface area (Å²) < 4.78 is 55.7. The molecule has 0 bridgehead atoms. The first-order chi connectivity index (χ1) is 15.0. The minimum Gasteiger partial charge on any atom is -0.430 e. The molecule has 2 saturated carbocycles. The Balaban J connectivity index is 1.73. The normalized spacial score (nSPS) is 35.1. The van der Waals surface area contributed by atoms with Crippen LogP contribution in [0, 0.1) is 11.8 Å². The van der Waals surface area contributed by atoms with Gasteiger partial charge in [0.2, 0.25) is 5.79 Å². The summed E-state index contributed by atoms with van der Waals surface area (Å²) in [5.41, 5.74) is -0.0821. The fraction of sp³-hybridized carbons (Fsp3) is 0.864. The summed E-state index contributed by atoms with van der Waals surface area (Å²) in [6.45, 7) is 3.31. The zero-order chi connectivity index (χ0) is 23.5. The summed E-state index contributed by atoms with van der Waals surface area (Å²) in [4.78, 5) is 12.7. The largest absolute Gasteiger partial charge is 0.430 e. The van der Waals surface area contributed by atoms with E-state index < -0.39 is 30.1 Å². The minimum atomic E-state index is -4.19. The van der Waals surface area contributed by atoms with Crippen LogP contribution >= 0.6 is 0 Å². The molecule has 3 atom stereocenters. The number of rotatable bonds is 6. The van der Waals surface area contributed by atoms with Gasteiger partial charge in [0.25, 0.3) is 0 Å². The number of ether oxygens (including phenoxy) is 3. The topological polar surface area (TPSA) is 89.1 Å². The average molecular weight is 465 g/mol. The standard InChI is InChI=1S/C22H35F3N2O5/c1-21(2)31-19(28)17(20(29)32-21)18(27-15-7-9-16(30-3)10-8-15)26-12-13-5-4-6-14(11-13)22(23,24)25/h13-16,19,26-28H,4-12H2,1-3H3/b18-17-. The number of halogens is 3. The second kappa shape index (κ2) is 10.2. The molecule has 0 spiro atoms. The van der Waals surface area contributed by atoms with Gasteiger partial charge in [0.1, 0.15) is 11.4 Å². The maximum atomic E-state index is 13.2. The van der Waals surface area contributed by atoms with E-state index in [4.69, 9.17) is 14.2 Å². The first-order valence-corrected chi connectivity index (χ1v) is 11.4. The third kappa shape index (κ3) is 6.51. The van der Waals surface area contributed by atoms with Crippen LogP contribution in [0.2, 0.25) is 0 Å². The number of cyclic esters (lactones) is 1. The van der Waals surface area contributed by atoms with Crippen LogP contribution in [-0.2, 0) is 19.0 Å². The van der Waals surface area contributed by atoms with Crippen molar-refractivity contribution < 1.29 is 37.3 Å². The first-order valence-electron chi connectivity index (χ1n) is 11.4. The van der Waals surface area contributed by atoms with E-state index in [1.54, 1.807) is 7.11 Å². The van der Waals surface area contributed by atoms with Crippen LogP contribution in [0.4, 0.5) is 13.2 Å². The lowest BCUT2D eigenvalue weighted by atomic mass is 9.81. The van der Waals surface area contributed by atoms with Crippen molar-refractivity contribution in [2.45, 2.75) is 95.6 Å². The zero-order valence-corrected chi connectivity index (χ0v) is 19.0. The fourth-order valence-electron chi connectivity index (χ4n) is 4.85. The van der Waals surface area contributed by atoms with E-state index in [9.17, 15) is 23.1 Å². The molecule has 3 aliphatic rings. The van der Waals surface area contributed by atoms with E-state index in [0.717, 1.165) is 25.7 Å². The number of hydrogen-bond donors (Lipinski definition) is 3. The van der Waals surface area contributed by atoms with Crippen molar-refractivity contribution in [1.82, 2.24) is 10.6 Å². The van der Waals surface area contributed by atoms with Crippen molar-refractivity contribution in [3.8, 4) is 0 Å². The van der Waals surface area contributed by atoms with Gasteiger partial charge in [-0.1, -0.05) is 6.42 Å².